The van der Waals surface area contributed by atoms with E-state index in [-0.39, 0.29) is 17.0 Å². The molecule has 1 N–H and O–H groups in total. The number of methoxy groups -OCH3 is 1. The Hall–Kier alpha value is -4.05. The van der Waals surface area contributed by atoms with Crippen LogP contribution in [0, 0.1) is 17.0 Å². The average Bonchev–Trinajstić information content (AvgIpc) is 3.30. The Morgan fingerprint density at radius 2 is 1.67 bits per heavy atom. The molecule has 2 aromatic carbocycles. The third-order valence-corrected chi connectivity index (χ3v) is 8.16. The Morgan fingerprint density at radius 1 is 1.02 bits per heavy atom. The molecule has 1 aromatic heterocycles. The second-order valence-corrected chi connectivity index (χ2v) is 10.9. The van der Waals surface area contributed by atoms with Gasteiger partial charge in [0.05, 0.1) is 50.7 Å². The number of benzene rings is 2. The number of quaternary nitrogens is 1. The molecule has 1 amide bonds. The highest BCUT2D eigenvalue weighted by molar-refractivity contribution is 5.97. The van der Waals surface area contributed by atoms with Gasteiger partial charge in [0, 0.05) is 48.5 Å². The van der Waals surface area contributed by atoms with Gasteiger partial charge in [-0.3, -0.25) is 4.79 Å². The topological polar surface area (TPSA) is 82.4 Å². The number of piperidine rings is 1. The molecule has 3 heterocycles. The summed E-state index contributed by atoms with van der Waals surface area (Å²) in [6.07, 6.45) is 3.30. The number of amides is 1. The highest BCUT2D eigenvalue weighted by Gasteiger charge is 2.46. The largest absolute Gasteiger partial charge is 0.493 e. The van der Waals surface area contributed by atoms with Crippen LogP contribution in [0.25, 0.3) is 11.3 Å². The van der Waals surface area contributed by atoms with E-state index >= 15 is 0 Å². The summed E-state index contributed by atoms with van der Waals surface area (Å²) in [6.45, 7) is 7.58. The van der Waals surface area contributed by atoms with Crippen molar-refractivity contribution in [3.63, 3.8) is 0 Å². The van der Waals surface area contributed by atoms with Crippen LogP contribution >= 0.6 is 0 Å². The molecule has 0 radical (unpaired) electrons. The van der Waals surface area contributed by atoms with Crippen LogP contribution in [0.4, 0.5) is 14.5 Å². The number of rotatable bonds is 9. The third kappa shape index (κ3) is 6.09. The van der Waals surface area contributed by atoms with Crippen LogP contribution in [0.5, 0.6) is 11.5 Å². The minimum Gasteiger partial charge on any atom is -0.493 e. The van der Waals surface area contributed by atoms with Gasteiger partial charge in [0.15, 0.2) is 5.82 Å². The molecular weight excluding hydrogens is 544 g/mol. The molecular formula is C32H36F2N3O5+. The van der Waals surface area contributed by atoms with Crippen molar-refractivity contribution in [2.45, 2.75) is 39.7 Å². The first-order valence-electron chi connectivity index (χ1n) is 14.3. The standard InChI is InChI=1S/C32H35F2N3O5/c1-4-41-26-14-21(15-27(42-5-2)29(26)30-25(34)16-23(33)18-35-30)19-36-12-10-32(11-13-36)17-28(38)37(20-32)24-8-6-22(7-9-24)31(39)40-3/h6-9,14-16,18H,4-5,10-13,17,19-20H2,1-3H3/p+1. The smallest absolute Gasteiger partial charge is 0.337 e. The van der Waals surface area contributed by atoms with Crippen molar-refractivity contribution in [2.75, 3.05) is 44.9 Å². The maximum Gasteiger partial charge on any atom is 0.337 e. The second kappa shape index (κ2) is 12.4. The van der Waals surface area contributed by atoms with Gasteiger partial charge in [-0.15, -0.1) is 0 Å². The lowest BCUT2D eigenvalue weighted by atomic mass is 9.77. The van der Waals surface area contributed by atoms with Crippen molar-refractivity contribution >= 4 is 17.6 Å². The number of hydrogen-bond donors (Lipinski definition) is 1. The van der Waals surface area contributed by atoms with E-state index in [4.69, 9.17) is 14.2 Å². The van der Waals surface area contributed by atoms with Gasteiger partial charge in [-0.05, 0) is 50.2 Å². The second-order valence-electron chi connectivity index (χ2n) is 10.9. The van der Waals surface area contributed by atoms with E-state index in [1.165, 1.54) is 12.0 Å². The lowest BCUT2D eigenvalue weighted by Crippen LogP contribution is -3.12. The summed E-state index contributed by atoms with van der Waals surface area (Å²) in [6, 6.07) is 11.6. The van der Waals surface area contributed by atoms with Crippen LogP contribution in [-0.2, 0) is 16.1 Å². The Balaban J connectivity index is 1.30. The lowest BCUT2D eigenvalue weighted by Gasteiger charge is -2.36. The van der Waals surface area contributed by atoms with E-state index in [2.05, 4.69) is 4.98 Å². The normalized spacial score (nSPS) is 20.2. The summed E-state index contributed by atoms with van der Waals surface area (Å²) in [4.78, 5) is 32.0. The zero-order valence-electron chi connectivity index (χ0n) is 24.2. The van der Waals surface area contributed by atoms with Crippen LogP contribution in [0.15, 0.2) is 48.7 Å². The molecule has 0 saturated carbocycles. The monoisotopic (exact) mass is 580 g/mol. The molecule has 2 aliphatic rings. The molecule has 222 valence electrons. The van der Waals surface area contributed by atoms with E-state index in [9.17, 15) is 18.4 Å². The minimum atomic E-state index is -0.781. The van der Waals surface area contributed by atoms with Crippen LogP contribution in [0.3, 0.4) is 0 Å². The maximum absolute atomic E-state index is 14.8. The van der Waals surface area contributed by atoms with Gasteiger partial charge in [-0.2, -0.15) is 0 Å². The Kier molecular flexibility index (Phi) is 8.72. The molecule has 10 heteroatoms. The highest BCUT2D eigenvalue weighted by atomic mass is 19.1. The van der Waals surface area contributed by atoms with Crippen molar-refractivity contribution in [3.05, 3.63) is 71.4 Å². The number of nitrogens with zero attached hydrogens (tertiary/aromatic N) is 2. The van der Waals surface area contributed by atoms with Gasteiger partial charge < -0.3 is 24.0 Å². The number of nitrogens with one attached hydrogen (secondary N) is 1. The van der Waals surface area contributed by atoms with E-state index < -0.39 is 17.6 Å². The molecule has 5 rings (SSSR count). The summed E-state index contributed by atoms with van der Waals surface area (Å²) in [5.41, 5.74) is 2.50. The molecule has 42 heavy (non-hydrogen) atoms. The Labute approximate surface area is 244 Å². The Morgan fingerprint density at radius 3 is 2.24 bits per heavy atom. The summed E-state index contributed by atoms with van der Waals surface area (Å²) < 4.78 is 44.9. The first kappa shape index (κ1) is 29.4. The molecule has 2 fully saturated rings. The molecule has 0 unspecified atom stereocenters. The predicted octanol–water partition coefficient (Wildman–Crippen LogP) is 4.21. The first-order valence-corrected chi connectivity index (χ1v) is 14.3. The number of anilines is 1. The van der Waals surface area contributed by atoms with Crippen molar-refractivity contribution in [2.24, 2.45) is 5.41 Å². The van der Waals surface area contributed by atoms with Crippen molar-refractivity contribution in [1.82, 2.24) is 4.98 Å². The van der Waals surface area contributed by atoms with Gasteiger partial charge in [-0.25, -0.2) is 18.6 Å². The molecule has 0 aliphatic carbocycles. The zero-order chi connectivity index (χ0) is 29.9. The predicted molar refractivity (Wildman–Crippen MR) is 153 cm³/mol. The summed E-state index contributed by atoms with van der Waals surface area (Å²) in [5, 5.41) is 0. The molecule has 3 aromatic rings. The highest BCUT2D eigenvalue weighted by Crippen LogP contribution is 2.42. The first-order chi connectivity index (χ1) is 20.3. The van der Waals surface area contributed by atoms with Gasteiger partial charge in [0.1, 0.15) is 29.6 Å². The van der Waals surface area contributed by atoms with Gasteiger partial charge >= 0.3 is 5.97 Å². The molecule has 1 spiro atoms. The fraction of sp³-hybridized carbons (Fsp3) is 0.406. The fourth-order valence-electron chi connectivity index (χ4n) is 6.08. The number of halogens is 2. The fourth-order valence-corrected chi connectivity index (χ4v) is 6.08. The number of carbonyl (C=O) groups is 2. The van der Waals surface area contributed by atoms with Crippen molar-refractivity contribution < 1.29 is 37.5 Å². The number of hydrogen-bond acceptors (Lipinski definition) is 6. The van der Waals surface area contributed by atoms with Gasteiger partial charge in [0.2, 0.25) is 5.91 Å². The van der Waals surface area contributed by atoms with Crippen LogP contribution in [-0.4, -0.2) is 56.8 Å². The average molecular weight is 581 g/mol. The quantitative estimate of drug-likeness (QED) is 0.382. The number of ether oxygens (including phenoxy) is 3. The number of pyridine rings is 1. The third-order valence-electron chi connectivity index (χ3n) is 8.16. The molecule has 0 atom stereocenters. The van der Waals surface area contributed by atoms with Crippen LogP contribution in [0.2, 0.25) is 0 Å². The number of aromatic nitrogens is 1. The SMILES string of the molecule is CCOc1cc(C[NH+]2CCC3(CC2)CC(=O)N(c2ccc(C(=O)OC)cc2)C3)cc(OCC)c1-c1ncc(F)cc1F. The molecule has 2 aliphatic heterocycles. The van der Waals surface area contributed by atoms with Crippen molar-refractivity contribution in [1.29, 1.82) is 0 Å². The zero-order valence-corrected chi connectivity index (χ0v) is 24.2. The van der Waals surface area contributed by atoms with Gasteiger partial charge in [-0.1, -0.05) is 0 Å². The molecule has 8 nitrogen and oxygen atoms in total. The minimum absolute atomic E-state index is 0.0162. The maximum atomic E-state index is 14.8. The van der Waals surface area contributed by atoms with E-state index in [1.807, 2.05) is 30.9 Å². The molecule has 0 bridgehead atoms. The Bertz CT molecular complexity index is 1430. The van der Waals surface area contributed by atoms with E-state index in [0.29, 0.717) is 55.4 Å². The number of carbonyl (C=O) groups excluding carboxylic acids is 2. The van der Waals surface area contributed by atoms with E-state index in [1.54, 1.807) is 24.3 Å². The van der Waals surface area contributed by atoms with E-state index in [0.717, 1.165) is 49.4 Å². The summed E-state index contributed by atoms with van der Waals surface area (Å²) in [5.74, 6) is -0.949. The van der Waals surface area contributed by atoms with Crippen molar-refractivity contribution in [3.8, 4) is 22.8 Å². The number of esters is 1. The van der Waals surface area contributed by atoms with Gasteiger partial charge in [0.25, 0.3) is 0 Å². The summed E-state index contributed by atoms with van der Waals surface area (Å²) in [7, 11) is 1.34. The molecule has 2 saturated heterocycles. The van der Waals surface area contributed by atoms with Crippen LogP contribution < -0.4 is 19.3 Å². The summed E-state index contributed by atoms with van der Waals surface area (Å²) >= 11 is 0. The van der Waals surface area contributed by atoms with Crippen LogP contribution in [0.1, 0.15) is 49.0 Å². The number of likely N-dealkylation sites (tertiary alicyclic amines) is 1. The lowest BCUT2D eigenvalue weighted by molar-refractivity contribution is -0.921.